The van der Waals surface area contributed by atoms with Crippen molar-refractivity contribution in [3.8, 4) is 22.6 Å². The largest absolute Gasteiger partial charge is 0.399 e. The molecule has 2 aromatic heterocycles. The van der Waals surface area contributed by atoms with Crippen molar-refractivity contribution in [3.05, 3.63) is 66.7 Å². The van der Waals surface area contributed by atoms with Crippen molar-refractivity contribution in [2.45, 2.75) is 0 Å². The number of nitrogens with two attached hydrogens (primary N) is 2. The highest BCUT2D eigenvalue weighted by Gasteiger charge is 2.12. The van der Waals surface area contributed by atoms with Gasteiger partial charge in [-0.25, -0.2) is 9.50 Å². The molecule has 4 rings (SSSR count). The van der Waals surface area contributed by atoms with Crippen LogP contribution in [0.25, 0.3) is 28.3 Å². The number of hydrogen-bond acceptors (Lipinski definition) is 4. The molecule has 23 heavy (non-hydrogen) atoms. The lowest BCUT2D eigenvalue weighted by Gasteiger charge is -2.04. The van der Waals surface area contributed by atoms with Crippen molar-refractivity contribution < 1.29 is 0 Å². The molecular formula is C18H15N5. The average molecular weight is 301 g/mol. The highest BCUT2D eigenvalue weighted by molar-refractivity contribution is 5.76. The fourth-order valence-electron chi connectivity index (χ4n) is 2.61. The third-order valence-corrected chi connectivity index (χ3v) is 3.75. The van der Waals surface area contributed by atoms with Crippen LogP contribution in [0.4, 0.5) is 11.4 Å². The fourth-order valence-corrected chi connectivity index (χ4v) is 2.61. The zero-order chi connectivity index (χ0) is 15.8. The zero-order valence-electron chi connectivity index (χ0n) is 12.3. The van der Waals surface area contributed by atoms with E-state index >= 15 is 0 Å². The summed E-state index contributed by atoms with van der Waals surface area (Å²) in [6, 6.07) is 21.3. The van der Waals surface area contributed by atoms with Gasteiger partial charge in [0, 0.05) is 22.5 Å². The molecule has 0 aliphatic rings. The van der Waals surface area contributed by atoms with E-state index in [1.54, 1.807) is 18.2 Å². The Morgan fingerprint density at radius 3 is 2.48 bits per heavy atom. The quantitative estimate of drug-likeness (QED) is 0.557. The van der Waals surface area contributed by atoms with Gasteiger partial charge in [-0.05, 0) is 30.3 Å². The van der Waals surface area contributed by atoms with Gasteiger partial charge in [-0.15, -0.1) is 5.10 Å². The number of anilines is 2. The molecule has 0 spiro atoms. The molecule has 0 radical (unpaired) electrons. The van der Waals surface area contributed by atoms with Gasteiger partial charge in [0.05, 0.1) is 5.69 Å². The first-order chi connectivity index (χ1) is 11.2. The van der Waals surface area contributed by atoms with E-state index in [0.717, 1.165) is 22.5 Å². The molecule has 0 amide bonds. The molecule has 0 atom stereocenters. The molecule has 0 aliphatic carbocycles. The topological polar surface area (TPSA) is 82.2 Å². The average Bonchev–Trinajstić information content (AvgIpc) is 3.01. The van der Waals surface area contributed by atoms with E-state index in [4.69, 9.17) is 11.5 Å². The smallest absolute Gasteiger partial charge is 0.184 e. The Kier molecular flexibility index (Phi) is 2.98. The lowest BCUT2D eigenvalue weighted by Crippen LogP contribution is -1.95. The molecule has 4 aromatic rings. The fraction of sp³-hybridized carbons (Fsp3) is 0. The summed E-state index contributed by atoms with van der Waals surface area (Å²) in [6.45, 7) is 0. The molecule has 0 fully saturated rings. The van der Waals surface area contributed by atoms with Gasteiger partial charge < -0.3 is 11.5 Å². The zero-order valence-corrected chi connectivity index (χ0v) is 12.3. The number of aromatic nitrogens is 3. The van der Waals surface area contributed by atoms with Gasteiger partial charge in [0.25, 0.3) is 0 Å². The van der Waals surface area contributed by atoms with Crippen LogP contribution in [0, 0.1) is 0 Å². The third kappa shape index (κ3) is 2.28. The van der Waals surface area contributed by atoms with E-state index in [9.17, 15) is 0 Å². The van der Waals surface area contributed by atoms with Crippen LogP contribution in [0.5, 0.6) is 0 Å². The van der Waals surface area contributed by atoms with E-state index in [-0.39, 0.29) is 0 Å². The summed E-state index contributed by atoms with van der Waals surface area (Å²) in [5, 5.41) is 4.63. The van der Waals surface area contributed by atoms with Crippen LogP contribution in [-0.4, -0.2) is 14.6 Å². The molecule has 0 saturated carbocycles. The molecule has 0 bridgehead atoms. The van der Waals surface area contributed by atoms with E-state index in [0.29, 0.717) is 17.2 Å². The second-order valence-electron chi connectivity index (χ2n) is 5.33. The first-order valence-electron chi connectivity index (χ1n) is 7.29. The van der Waals surface area contributed by atoms with E-state index in [1.165, 1.54) is 0 Å². The molecule has 0 aliphatic heterocycles. The van der Waals surface area contributed by atoms with Gasteiger partial charge in [-0.1, -0.05) is 36.4 Å². The summed E-state index contributed by atoms with van der Waals surface area (Å²) in [6.07, 6.45) is 0. The van der Waals surface area contributed by atoms with Gasteiger partial charge in [0.2, 0.25) is 0 Å². The van der Waals surface area contributed by atoms with Crippen LogP contribution in [0.15, 0.2) is 66.7 Å². The van der Waals surface area contributed by atoms with Crippen LogP contribution in [-0.2, 0) is 0 Å². The number of pyridine rings is 1. The minimum atomic E-state index is 0.568. The maximum absolute atomic E-state index is 6.05. The van der Waals surface area contributed by atoms with Crippen molar-refractivity contribution in [3.63, 3.8) is 0 Å². The van der Waals surface area contributed by atoms with E-state index in [2.05, 4.69) is 10.1 Å². The molecule has 4 N–H and O–H groups in total. The Balaban J connectivity index is 1.94. The second-order valence-corrected chi connectivity index (χ2v) is 5.33. The highest BCUT2D eigenvalue weighted by atomic mass is 15.3. The van der Waals surface area contributed by atoms with E-state index < -0.39 is 0 Å². The summed E-state index contributed by atoms with van der Waals surface area (Å²) >= 11 is 0. The van der Waals surface area contributed by atoms with Crippen molar-refractivity contribution >= 4 is 17.0 Å². The molecule has 2 aromatic carbocycles. The SMILES string of the molecule is Nc1ccc(N)c(-c2nc3cccc(-c4ccccc4)n3n2)c1. The molecule has 2 heterocycles. The lowest BCUT2D eigenvalue weighted by molar-refractivity contribution is 0.974. The Labute approximate surface area is 133 Å². The van der Waals surface area contributed by atoms with Gasteiger partial charge in [-0.3, -0.25) is 0 Å². The molecule has 5 heteroatoms. The van der Waals surface area contributed by atoms with Crippen LogP contribution >= 0.6 is 0 Å². The maximum atomic E-state index is 6.05. The Morgan fingerprint density at radius 2 is 1.65 bits per heavy atom. The number of nitrogens with zero attached hydrogens (tertiary/aromatic N) is 3. The van der Waals surface area contributed by atoms with Crippen molar-refractivity contribution in [1.82, 2.24) is 14.6 Å². The molecule has 0 unspecified atom stereocenters. The summed E-state index contributed by atoms with van der Waals surface area (Å²) in [4.78, 5) is 4.59. The van der Waals surface area contributed by atoms with Crippen LogP contribution < -0.4 is 11.5 Å². The molecular weight excluding hydrogens is 286 g/mol. The number of fused-ring (bicyclic) bond motifs is 1. The van der Waals surface area contributed by atoms with Crippen molar-refractivity contribution in [1.29, 1.82) is 0 Å². The maximum Gasteiger partial charge on any atom is 0.184 e. The molecule has 112 valence electrons. The number of hydrogen-bond donors (Lipinski definition) is 2. The van der Waals surface area contributed by atoms with E-state index in [1.807, 2.05) is 53.0 Å². The van der Waals surface area contributed by atoms with Gasteiger partial charge in [0.1, 0.15) is 0 Å². The minimum Gasteiger partial charge on any atom is -0.399 e. The Hall–Kier alpha value is -3.34. The van der Waals surface area contributed by atoms with Crippen LogP contribution in [0.3, 0.4) is 0 Å². The monoisotopic (exact) mass is 301 g/mol. The summed E-state index contributed by atoms with van der Waals surface area (Å²) in [5.74, 6) is 0.568. The van der Waals surface area contributed by atoms with Gasteiger partial charge >= 0.3 is 0 Å². The first kappa shape index (κ1) is 13.3. The number of rotatable bonds is 2. The first-order valence-corrected chi connectivity index (χ1v) is 7.29. The minimum absolute atomic E-state index is 0.568. The van der Waals surface area contributed by atoms with Crippen LogP contribution in [0.1, 0.15) is 0 Å². The highest BCUT2D eigenvalue weighted by Crippen LogP contribution is 2.27. The summed E-state index contributed by atoms with van der Waals surface area (Å²) in [7, 11) is 0. The normalized spacial score (nSPS) is 11.0. The predicted molar refractivity (Wildman–Crippen MR) is 92.7 cm³/mol. The number of nitrogen functional groups attached to an aromatic ring is 2. The van der Waals surface area contributed by atoms with Gasteiger partial charge in [0.15, 0.2) is 11.5 Å². The summed E-state index contributed by atoms with van der Waals surface area (Å²) < 4.78 is 1.83. The molecule has 5 nitrogen and oxygen atoms in total. The second kappa shape index (κ2) is 5.14. The van der Waals surface area contributed by atoms with Crippen molar-refractivity contribution in [2.24, 2.45) is 0 Å². The summed E-state index contributed by atoms with van der Waals surface area (Å²) in [5.41, 5.74) is 16.7. The van der Waals surface area contributed by atoms with Crippen LogP contribution in [0.2, 0.25) is 0 Å². The third-order valence-electron chi connectivity index (χ3n) is 3.75. The Morgan fingerprint density at radius 1 is 0.826 bits per heavy atom. The Bertz CT molecular complexity index is 989. The van der Waals surface area contributed by atoms with Crippen molar-refractivity contribution in [2.75, 3.05) is 11.5 Å². The number of benzene rings is 2. The lowest BCUT2D eigenvalue weighted by atomic mass is 10.1. The standard InChI is InChI=1S/C18H15N5/c19-13-9-10-15(20)14(11-13)18-21-17-8-4-7-16(23(17)22-18)12-5-2-1-3-6-12/h1-11H,19-20H2. The van der Waals surface area contributed by atoms with Gasteiger partial charge in [-0.2, -0.15) is 0 Å². The molecule has 0 saturated heterocycles. The predicted octanol–water partition coefficient (Wildman–Crippen LogP) is 3.23.